The molecule has 0 spiro atoms. The van der Waals surface area contributed by atoms with E-state index in [1.807, 2.05) is 6.07 Å². The number of aryl methyl sites for hydroxylation is 2. The topological polar surface area (TPSA) is 100 Å². The molecular formula is C16H22N4O2S. The maximum absolute atomic E-state index is 11.2. The maximum atomic E-state index is 11.2. The molecule has 2 heterocycles. The van der Waals surface area contributed by atoms with Gasteiger partial charge in [-0.1, -0.05) is 0 Å². The van der Waals surface area contributed by atoms with Crippen LogP contribution in [0.25, 0.3) is 0 Å². The minimum Gasteiger partial charge on any atom is -0.355 e. The van der Waals surface area contributed by atoms with Crippen LogP contribution in [0.3, 0.4) is 0 Å². The molecule has 124 valence electrons. The molecule has 1 aliphatic heterocycles. The van der Waals surface area contributed by atoms with Crippen LogP contribution in [0.15, 0.2) is 6.07 Å². The van der Waals surface area contributed by atoms with Gasteiger partial charge in [0.25, 0.3) is 0 Å². The van der Waals surface area contributed by atoms with E-state index in [0.29, 0.717) is 5.56 Å². The number of primary sulfonamides is 1. The van der Waals surface area contributed by atoms with Crippen molar-refractivity contribution >= 4 is 15.8 Å². The van der Waals surface area contributed by atoms with Crippen LogP contribution >= 0.6 is 0 Å². The molecular weight excluding hydrogens is 312 g/mol. The molecule has 0 amide bonds. The van der Waals surface area contributed by atoms with E-state index in [-0.39, 0.29) is 11.7 Å². The molecule has 23 heavy (non-hydrogen) atoms. The summed E-state index contributed by atoms with van der Waals surface area (Å²) >= 11 is 0. The summed E-state index contributed by atoms with van der Waals surface area (Å²) in [6.07, 6.45) is 5.84. The zero-order valence-corrected chi connectivity index (χ0v) is 14.0. The lowest BCUT2D eigenvalue weighted by atomic mass is 9.94. The number of piperidine rings is 1. The first-order chi connectivity index (χ1) is 11.0. The van der Waals surface area contributed by atoms with Crippen LogP contribution in [0.2, 0.25) is 0 Å². The molecule has 2 N–H and O–H groups in total. The predicted octanol–water partition coefficient (Wildman–Crippen LogP) is 1.34. The van der Waals surface area contributed by atoms with Crippen LogP contribution < -0.4 is 10.0 Å². The Morgan fingerprint density at radius 1 is 1.30 bits per heavy atom. The number of nitriles is 1. The van der Waals surface area contributed by atoms with E-state index in [1.54, 1.807) is 0 Å². The Hall–Kier alpha value is -1.65. The van der Waals surface area contributed by atoms with Gasteiger partial charge >= 0.3 is 0 Å². The highest BCUT2D eigenvalue weighted by Gasteiger charge is 2.26. The first kappa shape index (κ1) is 16.2. The fourth-order valence-electron chi connectivity index (χ4n) is 3.59. The molecule has 0 bridgehead atoms. The number of fused-ring (bicyclic) bond motifs is 1. The van der Waals surface area contributed by atoms with Gasteiger partial charge in [0.1, 0.15) is 11.9 Å². The molecule has 1 aliphatic carbocycles. The van der Waals surface area contributed by atoms with Gasteiger partial charge in [0.2, 0.25) is 10.0 Å². The van der Waals surface area contributed by atoms with Crippen molar-refractivity contribution < 1.29 is 8.42 Å². The van der Waals surface area contributed by atoms with E-state index in [0.717, 1.165) is 63.1 Å². The van der Waals surface area contributed by atoms with E-state index in [4.69, 9.17) is 10.1 Å². The second-order valence-electron chi connectivity index (χ2n) is 6.54. The summed E-state index contributed by atoms with van der Waals surface area (Å²) in [6.45, 7) is 1.45. The van der Waals surface area contributed by atoms with E-state index in [9.17, 15) is 13.7 Å². The van der Waals surface area contributed by atoms with Gasteiger partial charge in [-0.3, -0.25) is 0 Å². The van der Waals surface area contributed by atoms with Gasteiger partial charge in [0.05, 0.1) is 11.3 Å². The van der Waals surface area contributed by atoms with Crippen molar-refractivity contribution in [2.45, 2.75) is 38.5 Å². The third-order valence-corrected chi connectivity index (χ3v) is 5.72. The summed E-state index contributed by atoms with van der Waals surface area (Å²) in [5.74, 6) is 0.912. The molecule has 0 unspecified atom stereocenters. The fraction of sp³-hybridized carbons (Fsp3) is 0.625. The molecule has 7 heteroatoms. The van der Waals surface area contributed by atoms with Crippen molar-refractivity contribution in [1.82, 2.24) is 4.98 Å². The van der Waals surface area contributed by atoms with Crippen LogP contribution in [-0.4, -0.2) is 32.2 Å². The molecule has 1 aromatic heterocycles. The number of sulfonamides is 1. The van der Waals surface area contributed by atoms with Gasteiger partial charge in [-0.25, -0.2) is 18.5 Å². The predicted molar refractivity (Wildman–Crippen MR) is 88.5 cm³/mol. The third-order valence-electron chi connectivity index (χ3n) is 4.78. The Labute approximate surface area is 137 Å². The lowest BCUT2D eigenvalue weighted by Crippen LogP contribution is -2.38. The van der Waals surface area contributed by atoms with Crippen molar-refractivity contribution in [3.8, 4) is 6.07 Å². The number of pyridine rings is 1. The number of nitrogens with zero attached hydrogens (tertiary/aromatic N) is 3. The monoisotopic (exact) mass is 334 g/mol. The fourth-order valence-corrected chi connectivity index (χ4v) is 4.58. The van der Waals surface area contributed by atoms with Gasteiger partial charge in [0, 0.05) is 18.8 Å². The quantitative estimate of drug-likeness (QED) is 0.899. The van der Waals surface area contributed by atoms with Crippen LogP contribution in [0.1, 0.15) is 42.5 Å². The first-order valence-electron chi connectivity index (χ1n) is 8.14. The summed E-state index contributed by atoms with van der Waals surface area (Å²) in [6, 6.07) is 4.27. The van der Waals surface area contributed by atoms with Gasteiger partial charge in [0.15, 0.2) is 0 Å². The minimum absolute atomic E-state index is 0.0452. The normalized spacial score (nSPS) is 19.2. The van der Waals surface area contributed by atoms with Crippen molar-refractivity contribution in [2.24, 2.45) is 11.1 Å². The lowest BCUT2D eigenvalue weighted by Gasteiger charge is -2.33. The maximum Gasteiger partial charge on any atom is 0.209 e. The molecule has 0 saturated carbocycles. The van der Waals surface area contributed by atoms with Gasteiger partial charge in [-0.2, -0.15) is 5.26 Å². The van der Waals surface area contributed by atoms with Crippen molar-refractivity contribution in [3.05, 3.63) is 22.9 Å². The second-order valence-corrected chi connectivity index (χ2v) is 8.20. The number of anilines is 1. The molecule has 2 aliphatic rings. The number of hydrogen-bond donors (Lipinski definition) is 1. The lowest BCUT2D eigenvalue weighted by molar-refractivity contribution is 0.433. The van der Waals surface area contributed by atoms with Crippen LogP contribution in [0.5, 0.6) is 0 Å². The van der Waals surface area contributed by atoms with Crippen molar-refractivity contribution in [3.63, 3.8) is 0 Å². The molecule has 0 atom stereocenters. The van der Waals surface area contributed by atoms with Crippen LogP contribution in [0.4, 0.5) is 5.82 Å². The Morgan fingerprint density at radius 3 is 2.65 bits per heavy atom. The highest BCUT2D eigenvalue weighted by Crippen LogP contribution is 2.29. The summed E-state index contributed by atoms with van der Waals surface area (Å²) < 4.78 is 22.4. The van der Waals surface area contributed by atoms with Gasteiger partial charge < -0.3 is 4.90 Å². The van der Waals surface area contributed by atoms with Crippen molar-refractivity contribution in [1.29, 1.82) is 5.26 Å². The Kier molecular flexibility index (Phi) is 4.55. The van der Waals surface area contributed by atoms with E-state index in [1.165, 1.54) is 5.56 Å². The minimum atomic E-state index is -3.42. The van der Waals surface area contributed by atoms with E-state index >= 15 is 0 Å². The molecule has 0 radical (unpaired) electrons. The number of rotatable bonds is 3. The molecule has 6 nitrogen and oxygen atoms in total. The van der Waals surface area contributed by atoms with Crippen LogP contribution in [-0.2, 0) is 22.9 Å². The largest absolute Gasteiger partial charge is 0.355 e. The van der Waals surface area contributed by atoms with Gasteiger partial charge in [-0.05, 0) is 56.1 Å². The third kappa shape index (κ3) is 3.82. The van der Waals surface area contributed by atoms with Crippen LogP contribution in [0, 0.1) is 17.2 Å². The first-order valence-corrected chi connectivity index (χ1v) is 9.86. The SMILES string of the molecule is N#Cc1cc2c(nc1N1CCC(CS(N)(=O)=O)CC1)CCCC2. The van der Waals surface area contributed by atoms with Crippen molar-refractivity contribution in [2.75, 3.05) is 23.7 Å². The summed E-state index contributed by atoms with van der Waals surface area (Å²) in [7, 11) is -3.42. The smallest absolute Gasteiger partial charge is 0.209 e. The molecule has 0 aromatic carbocycles. The average Bonchev–Trinajstić information content (AvgIpc) is 2.53. The number of hydrogen-bond acceptors (Lipinski definition) is 5. The summed E-state index contributed by atoms with van der Waals surface area (Å²) in [4.78, 5) is 6.89. The molecule has 1 saturated heterocycles. The average molecular weight is 334 g/mol. The molecule has 1 aromatic rings. The summed E-state index contributed by atoms with van der Waals surface area (Å²) in [5.41, 5.74) is 2.97. The Bertz CT molecular complexity index is 731. The zero-order chi connectivity index (χ0) is 16.4. The van der Waals surface area contributed by atoms with E-state index < -0.39 is 10.0 Å². The Balaban J connectivity index is 1.77. The zero-order valence-electron chi connectivity index (χ0n) is 13.2. The standard InChI is InChI=1S/C16H22N4O2S/c17-10-14-9-13-3-1-2-4-15(13)19-16(14)20-7-5-12(6-8-20)11-23(18,21)22/h9,12H,1-8,11H2,(H2,18,21,22). The highest BCUT2D eigenvalue weighted by molar-refractivity contribution is 7.89. The highest BCUT2D eigenvalue weighted by atomic mass is 32.2. The molecule has 1 fully saturated rings. The second kappa shape index (κ2) is 6.46. The van der Waals surface area contributed by atoms with Gasteiger partial charge in [-0.15, -0.1) is 0 Å². The molecule has 3 rings (SSSR count). The number of nitrogens with two attached hydrogens (primary N) is 1. The Morgan fingerprint density at radius 2 is 2.00 bits per heavy atom. The summed E-state index contributed by atoms with van der Waals surface area (Å²) in [5, 5.41) is 14.6. The number of aromatic nitrogens is 1. The van der Waals surface area contributed by atoms with E-state index in [2.05, 4.69) is 11.0 Å².